The summed E-state index contributed by atoms with van der Waals surface area (Å²) in [6.45, 7) is 0.744. The van der Waals surface area contributed by atoms with Crippen LogP contribution in [0.2, 0.25) is 0 Å². The van der Waals surface area contributed by atoms with Gasteiger partial charge in [-0.1, -0.05) is 42.5 Å². The van der Waals surface area contributed by atoms with E-state index in [0.29, 0.717) is 24.1 Å². The van der Waals surface area contributed by atoms with Crippen LogP contribution in [-0.2, 0) is 35.5 Å². The van der Waals surface area contributed by atoms with Crippen LogP contribution in [0.15, 0.2) is 60.7 Å². The van der Waals surface area contributed by atoms with Crippen LogP contribution < -0.4 is 4.90 Å². The molecular formula is C27H27FN2O4. The Kier molecular flexibility index (Phi) is 6.82. The van der Waals surface area contributed by atoms with Crippen molar-refractivity contribution in [2.24, 2.45) is 0 Å². The maximum atomic E-state index is 14.8. The van der Waals surface area contributed by atoms with Crippen LogP contribution in [0.5, 0.6) is 0 Å². The predicted octanol–water partition coefficient (Wildman–Crippen LogP) is 4.88. The molecule has 1 aliphatic heterocycles. The lowest BCUT2D eigenvalue weighted by Gasteiger charge is -2.31. The number of carbonyl (C=O) groups is 2. The molecule has 0 atom stereocenters. The maximum absolute atomic E-state index is 14.8. The minimum atomic E-state index is -0.919. The third-order valence-electron chi connectivity index (χ3n) is 6.01. The highest BCUT2D eigenvalue weighted by molar-refractivity contribution is 5.83. The number of fused-ring (bicyclic) bond motifs is 1. The van der Waals surface area contributed by atoms with Crippen LogP contribution in [0.25, 0.3) is 11.1 Å². The van der Waals surface area contributed by atoms with Gasteiger partial charge in [0.25, 0.3) is 0 Å². The fraction of sp³-hybridized carbons (Fsp3) is 0.259. The molecule has 0 spiro atoms. The van der Waals surface area contributed by atoms with E-state index in [1.54, 1.807) is 17.0 Å². The zero-order valence-electron chi connectivity index (χ0n) is 19.3. The summed E-state index contributed by atoms with van der Waals surface area (Å²) in [6.07, 6.45) is -0.180. The molecule has 0 saturated carbocycles. The summed E-state index contributed by atoms with van der Waals surface area (Å²) >= 11 is 0. The summed E-state index contributed by atoms with van der Waals surface area (Å²) in [5.41, 5.74) is 5.32. The van der Waals surface area contributed by atoms with Gasteiger partial charge in [-0.2, -0.15) is 0 Å². The third kappa shape index (κ3) is 5.03. The molecule has 1 heterocycles. The maximum Gasteiger partial charge on any atom is 0.410 e. The normalized spacial score (nSPS) is 12.7. The van der Waals surface area contributed by atoms with E-state index in [-0.39, 0.29) is 25.4 Å². The van der Waals surface area contributed by atoms with Crippen molar-refractivity contribution in [3.05, 3.63) is 88.7 Å². The first-order valence-electron chi connectivity index (χ1n) is 11.1. The Labute approximate surface area is 198 Å². The van der Waals surface area contributed by atoms with Gasteiger partial charge in [0.15, 0.2) is 0 Å². The first-order valence-corrected chi connectivity index (χ1v) is 11.1. The van der Waals surface area contributed by atoms with Crippen LogP contribution >= 0.6 is 0 Å². The summed E-state index contributed by atoms with van der Waals surface area (Å²) in [6, 6.07) is 18.1. The lowest BCUT2D eigenvalue weighted by molar-refractivity contribution is -0.136. The van der Waals surface area contributed by atoms with Gasteiger partial charge in [0.2, 0.25) is 0 Å². The minimum Gasteiger partial charge on any atom is -0.481 e. The summed E-state index contributed by atoms with van der Waals surface area (Å²) < 4.78 is 20.3. The van der Waals surface area contributed by atoms with Gasteiger partial charge in [-0.15, -0.1) is 0 Å². The summed E-state index contributed by atoms with van der Waals surface area (Å²) in [4.78, 5) is 27.6. The number of rotatable bonds is 6. The van der Waals surface area contributed by atoms with Crippen molar-refractivity contribution < 1.29 is 23.8 Å². The van der Waals surface area contributed by atoms with E-state index in [1.807, 2.05) is 61.5 Å². The number of carboxylic acids is 1. The smallest absolute Gasteiger partial charge is 0.410 e. The number of aliphatic carboxylic acids is 1. The molecule has 1 amide bonds. The van der Waals surface area contributed by atoms with Crippen LogP contribution in [0, 0.1) is 5.82 Å². The van der Waals surface area contributed by atoms with Crippen LogP contribution in [0.4, 0.5) is 14.9 Å². The van der Waals surface area contributed by atoms with Gasteiger partial charge in [0, 0.05) is 38.4 Å². The monoisotopic (exact) mass is 462 g/mol. The zero-order valence-corrected chi connectivity index (χ0v) is 19.3. The van der Waals surface area contributed by atoms with Crippen molar-refractivity contribution >= 4 is 17.7 Å². The van der Waals surface area contributed by atoms with Gasteiger partial charge < -0.3 is 19.6 Å². The number of hydrogen-bond donors (Lipinski definition) is 1. The number of carbonyl (C=O) groups excluding carboxylic acids is 1. The molecule has 0 aromatic heterocycles. The Balaban J connectivity index is 1.66. The molecule has 6 nitrogen and oxygen atoms in total. The van der Waals surface area contributed by atoms with Crippen LogP contribution in [0.3, 0.4) is 0 Å². The van der Waals surface area contributed by atoms with Crippen molar-refractivity contribution in [3.63, 3.8) is 0 Å². The van der Waals surface area contributed by atoms with Gasteiger partial charge in [0.1, 0.15) is 12.4 Å². The Morgan fingerprint density at radius 1 is 1.00 bits per heavy atom. The van der Waals surface area contributed by atoms with Crippen molar-refractivity contribution in [2.45, 2.75) is 26.0 Å². The molecule has 4 rings (SSSR count). The number of carboxylic acid groups (broad SMARTS) is 1. The molecule has 0 fully saturated rings. The number of halogens is 1. The summed E-state index contributed by atoms with van der Waals surface area (Å²) in [5, 5.41) is 9.25. The van der Waals surface area contributed by atoms with Gasteiger partial charge in [-0.25, -0.2) is 9.18 Å². The fourth-order valence-corrected chi connectivity index (χ4v) is 4.32. The SMILES string of the molecule is CN(C)c1ccc(CC(=O)O)cc1-c1ccc(F)c2c1CN(C(=O)OCc1ccccc1)CC2. The second kappa shape index (κ2) is 9.95. The number of hydrogen-bond acceptors (Lipinski definition) is 4. The van der Waals surface area contributed by atoms with E-state index < -0.39 is 12.1 Å². The van der Waals surface area contributed by atoms with Crippen LogP contribution in [-0.4, -0.2) is 42.7 Å². The highest BCUT2D eigenvalue weighted by Gasteiger charge is 2.27. The molecule has 0 radical (unpaired) electrons. The lowest BCUT2D eigenvalue weighted by atomic mass is 9.89. The van der Waals surface area contributed by atoms with Gasteiger partial charge >= 0.3 is 12.1 Å². The average molecular weight is 463 g/mol. The van der Waals surface area contributed by atoms with Gasteiger partial charge in [-0.05, 0) is 52.4 Å². The molecule has 3 aromatic rings. The topological polar surface area (TPSA) is 70.1 Å². The Bertz CT molecular complexity index is 1210. The largest absolute Gasteiger partial charge is 0.481 e. The standard InChI is InChI=1S/C27H27FN2O4/c1-29(2)25-11-8-19(15-26(31)32)14-22(25)20-9-10-24(28)21-12-13-30(16-23(20)21)27(33)34-17-18-6-4-3-5-7-18/h3-11,14H,12-13,15-17H2,1-2H3,(H,31,32). The highest BCUT2D eigenvalue weighted by Crippen LogP contribution is 2.37. The second-order valence-corrected chi connectivity index (χ2v) is 8.58. The molecule has 3 aromatic carbocycles. The van der Waals surface area contributed by atoms with Crippen LogP contribution in [0.1, 0.15) is 22.3 Å². The van der Waals surface area contributed by atoms with Crippen molar-refractivity contribution in [3.8, 4) is 11.1 Å². The number of anilines is 1. The molecule has 1 N–H and O–H groups in total. The van der Waals surface area contributed by atoms with E-state index in [4.69, 9.17) is 4.74 Å². The number of benzene rings is 3. The van der Waals surface area contributed by atoms with Gasteiger partial charge in [0.05, 0.1) is 6.42 Å². The van der Waals surface area contributed by atoms with E-state index in [9.17, 15) is 19.1 Å². The molecule has 0 unspecified atom stereocenters. The first-order chi connectivity index (χ1) is 16.3. The fourth-order valence-electron chi connectivity index (χ4n) is 4.32. The quantitative estimate of drug-likeness (QED) is 0.565. The molecule has 0 bridgehead atoms. The number of amides is 1. The van der Waals surface area contributed by atoms with E-state index in [1.165, 1.54) is 6.07 Å². The van der Waals surface area contributed by atoms with Crippen molar-refractivity contribution in [1.82, 2.24) is 4.90 Å². The van der Waals surface area contributed by atoms with Crippen molar-refractivity contribution in [1.29, 1.82) is 0 Å². The van der Waals surface area contributed by atoms with Gasteiger partial charge in [-0.3, -0.25) is 4.79 Å². The van der Waals surface area contributed by atoms with Crippen molar-refractivity contribution in [2.75, 3.05) is 25.5 Å². The van der Waals surface area contributed by atoms with E-state index in [0.717, 1.165) is 27.9 Å². The predicted molar refractivity (Wildman–Crippen MR) is 128 cm³/mol. The molecular weight excluding hydrogens is 435 g/mol. The molecule has 1 aliphatic rings. The zero-order chi connectivity index (χ0) is 24.2. The Hall–Kier alpha value is -3.87. The second-order valence-electron chi connectivity index (χ2n) is 8.58. The molecule has 34 heavy (non-hydrogen) atoms. The summed E-state index contributed by atoms with van der Waals surface area (Å²) in [5.74, 6) is -1.22. The lowest BCUT2D eigenvalue weighted by Crippen LogP contribution is -2.37. The number of ether oxygens (including phenoxy) is 1. The first kappa shape index (κ1) is 23.3. The minimum absolute atomic E-state index is 0.109. The molecule has 176 valence electrons. The average Bonchev–Trinajstić information content (AvgIpc) is 2.82. The molecule has 0 aliphatic carbocycles. The molecule has 0 saturated heterocycles. The molecule has 7 heteroatoms. The Morgan fingerprint density at radius 2 is 1.76 bits per heavy atom. The third-order valence-corrected chi connectivity index (χ3v) is 6.01. The summed E-state index contributed by atoms with van der Waals surface area (Å²) in [7, 11) is 3.80. The highest BCUT2D eigenvalue weighted by atomic mass is 19.1. The number of nitrogens with zero attached hydrogens (tertiary/aromatic N) is 2. The van der Waals surface area contributed by atoms with E-state index >= 15 is 0 Å². The van der Waals surface area contributed by atoms with E-state index in [2.05, 4.69) is 0 Å². The Morgan fingerprint density at radius 3 is 2.47 bits per heavy atom.